The van der Waals surface area contributed by atoms with Gasteiger partial charge in [-0.1, -0.05) is 30.3 Å². The number of aromatic nitrogens is 1. The third kappa shape index (κ3) is 1.84. The molecule has 3 aromatic rings. The maximum Gasteiger partial charge on any atom is 0.269 e. The van der Waals surface area contributed by atoms with Crippen LogP contribution < -0.4 is 0 Å². The Morgan fingerprint density at radius 3 is 2.61 bits per heavy atom. The first-order valence-electron chi connectivity index (χ1n) is 5.57. The highest BCUT2D eigenvalue weighted by Gasteiger charge is 2.08. The Morgan fingerprint density at radius 2 is 1.78 bits per heavy atom. The molecule has 90 valence electrons. The van der Waals surface area contributed by atoms with Crippen LogP contribution in [-0.2, 0) is 6.54 Å². The molecule has 4 heteroatoms. The zero-order valence-electron chi connectivity index (χ0n) is 9.47. The van der Waals surface area contributed by atoms with Crippen molar-refractivity contribution >= 4 is 23.3 Å². The van der Waals surface area contributed by atoms with Crippen LogP contribution in [0.25, 0.3) is 11.1 Å². The average Bonchev–Trinajstić information content (AvgIpc) is 2.69. The summed E-state index contributed by atoms with van der Waals surface area (Å²) in [6.45, 7) is 0.377. The van der Waals surface area contributed by atoms with Crippen molar-refractivity contribution in [2.45, 2.75) is 6.54 Å². The summed E-state index contributed by atoms with van der Waals surface area (Å²) >= 11 is 5.17. The van der Waals surface area contributed by atoms with Gasteiger partial charge in [0.05, 0.1) is 12.1 Å². The van der Waals surface area contributed by atoms with Gasteiger partial charge in [0.15, 0.2) is 5.58 Å². The topological polar surface area (TPSA) is 18.1 Å². The summed E-state index contributed by atoms with van der Waals surface area (Å²) in [5, 5.41) is 0. The third-order valence-electron chi connectivity index (χ3n) is 2.86. The van der Waals surface area contributed by atoms with Crippen molar-refractivity contribution in [1.29, 1.82) is 0 Å². The van der Waals surface area contributed by atoms with Crippen LogP contribution in [0.3, 0.4) is 0 Å². The van der Waals surface area contributed by atoms with Crippen LogP contribution in [0, 0.1) is 10.7 Å². The number of halogens is 1. The summed E-state index contributed by atoms with van der Waals surface area (Å²) in [6, 6.07) is 14.2. The molecule has 3 rings (SSSR count). The number of hydrogen-bond donors (Lipinski definition) is 0. The first kappa shape index (κ1) is 11.2. The number of para-hydroxylation sites is 2. The number of oxazole rings is 1. The molecule has 0 bridgehead atoms. The molecule has 2 nitrogen and oxygen atoms in total. The normalized spacial score (nSPS) is 10.9. The summed E-state index contributed by atoms with van der Waals surface area (Å²) in [5.41, 5.74) is 2.20. The quantitative estimate of drug-likeness (QED) is 0.643. The van der Waals surface area contributed by atoms with E-state index in [1.54, 1.807) is 16.7 Å². The van der Waals surface area contributed by atoms with Gasteiger partial charge < -0.3 is 4.42 Å². The van der Waals surface area contributed by atoms with Gasteiger partial charge in [-0.2, -0.15) is 0 Å². The van der Waals surface area contributed by atoms with E-state index in [9.17, 15) is 4.39 Å². The van der Waals surface area contributed by atoms with E-state index in [2.05, 4.69) is 0 Å². The molecule has 0 saturated carbocycles. The van der Waals surface area contributed by atoms with E-state index in [1.165, 1.54) is 6.07 Å². The summed E-state index contributed by atoms with van der Waals surface area (Å²) in [6.07, 6.45) is 0. The zero-order valence-corrected chi connectivity index (χ0v) is 10.3. The average molecular weight is 259 g/mol. The number of benzene rings is 2. The molecule has 0 saturated heterocycles. The lowest BCUT2D eigenvalue weighted by molar-refractivity contribution is 0.540. The number of fused-ring (bicyclic) bond motifs is 1. The molecule has 0 radical (unpaired) electrons. The van der Waals surface area contributed by atoms with Crippen molar-refractivity contribution in [2.24, 2.45) is 0 Å². The number of hydrogen-bond acceptors (Lipinski definition) is 2. The first-order valence-corrected chi connectivity index (χ1v) is 5.98. The molecule has 1 heterocycles. The maximum absolute atomic E-state index is 13.6. The maximum atomic E-state index is 13.6. The Bertz CT molecular complexity index is 760. The Balaban J connectivity index is 2.13. The number of rotatable bonds is 2. The van der Waals surface area contributed by atoms with Crippen LogP contribution in [0.2, 0.25) is 0 Å². The van der Waals surface area contributed by atoms with Gasteiger partial charge in [-0.15, -0.1) is 0 Å². The minimum Gasteiger partial charge on any atom is -0.429 e. The third-order valence-corrected chi connectivity index (χ3v) is 3.16. The van der Waals surface area contributed by atoms with Crippen LogP contribution in [0.4, 0.5) is 4.39 Å². The predicted molar refractivity (Wildman–Crippen MR) is 70.5 cm³/mol. The van der Waals surface area contributed by atoms with Crippen molar-refractivity contribution in [3.63, 3.8) is 0 Å². The van der Waals surface area contributed by atoms with Gasteiger partial charge in [0.25, 0.3) is 4.84 Å². The molecule has 0 unspecified atom stereocenters. The second-order valence-electron chi connectivity index (χ2n) is 4.01. The highest BCUT2D eigenvalue weighted by atomic mass is 32.1. The molecule has 0 aliphatic rings. The van der Waals surface area contributed by atoms with Gasteiger partial charge in [-0.3, -0.25) is 4.57 Å². The van der Waals surface area contributed by atoms with Gasteiger partial charge in [-0.05, 0) is 30.4 Å². The first-order chi connectivity index (χ1) is 8.75. The molecular weight excluding hydrogens is 249 g/mol. The van der Waals surface area contributed by atoms with Crippen LogP contribution in [0.15, 0.2) is 52.9 Å². The summed E-state index contributed by atoms with van der Waals surface area (Å²) in [4.78, 5) is 0.361. The molecular formula is C14H10FNOS. The van der Waals surface area contributed by atoms with Crippen molar-refractivity contribution in [2.75, 3.05) is 0 Å². The van der Waals surface area contributed by atoms with Crippen LogP contribution in [-0.4, -0.2) is 4.57 Å². The van der Waals surface area contributed by atoms with Gasteiger partial charge >= 0.3 is 0 Å². The van der Waals surface area contributed by atoms with Crippen LogP contribution >= 0.6 is 12.2 Å². The minimum atomic E-state index is -0.232. The molecule has 0 N–H and O–H groups in total. The van der Waals surface area contributed by atoms with E-state index < -0.39 is 0 Å². The number of nitrogens with zero attached hydrogens (tertiary/aromatic N) is 1. The van der Waals surface area contributed by atoms with Crippen LogP contribution in [0.1, 0.15) is 5.56 Å². The summed E-state index contributed by atoms with van der Waals surface area (Å²) < 4.78 is 20.9. The van der Waals surface area contributed by atoms with Crippen LogP contribution in [0.5, 0.6) is 0 Å². The second-order valence-corrected chi connectivity index (χ2v) is 4.36. The lowest BCUT2D eigenvalue weighted by Crippen LogP contribution is -2.01. The van der Waals surface area contributed by atoms with E-state index in [-0.39, 0.29) is 5.82 Å². The highest BCUT2D eigenvalue weighted by Crippen LogP contribution is 2.19. The van der Waals surface area contributed by atoms with E-state index in [4.69, 9.17) is 16.6 Å². The van der Waals surface area contributed by atoms with E-state index >= 15 is 0 Å². The molecule has 0 spiro atoms. The molecule has 0 amide bonds. The Kier molecular flexibility index (Phi) is 2.72. The van der Waals surface area contributed by atoms with Gasteiger partial charge in [0.2, 0.25) is 0 Å². The molecule has 2 aromatic carbocycles. The molecule has 0 atom stereocenters. The second kappa shape index (κ2) is 4.38. The van der Waals surface area contributed by atoms with E-state index in [0.717, 1.165) is 11.1 Å². The largest absolute Gasteiger partial charge is 0.429 e. The highest BCUT2D eigenvalue weighted by molar-refractivity contribution is 7.71. The zero-order chi connectivity index (χ0) is 12.5. The Labute approximate surface area is 108 Å². The fraction of sp³-hybridized carbons (Fsp3) is 0.0714. The monoisotopic (exact) mass is 259 g/mol. The Morgan fingerprint density at radius 1 is 1.06 bits per heavy atom. The fourth-order valence-electron chi connectivity index (χ4n) is 1.96. The lowest BCUT2D eigenvalue weighted by Gasteiger charge is -2.04. The lowest BCUT2D eigenvalue weighted by atomic mass is 10.2. The standard InChI is InChI=1S/C14H10FNOS/c15-11-6-2-1-5-10(11)9-16-12-7-3-4-8-13(12)17-14(16)18/h1-8H,9H2. The molecule has 0 fully saturated rings. The SMILES string of the molecule is Fc1ccccc1Cn1c(=S)oc2ccccc21. The summed E-state index contributed by atoms with van der Waals surface area (Å²) in [5.74, 6) is -0.232. The summed E-state index contributed by atoms with van der Waals surface area (Å²) in [7, 11) is 0. The van der Waals surface area contributed by atoms with Gasteiger partial charge in [0, 0.05) is 5.56 Å². The molecule has 0 aliphatic heterocycles. The molecule has 18 heavy (non-hydrogen) atoms. The smallest absolute Gasteiger partial charge is 0.269 e. The minimum absolute atomic E-state index is 0.232. The van der Waals surface area contributed by atoms with Crippen molar-refractivity contribution in [3.8, 4) is 0 Å². The molecule has 1 aromatic heterocycles. The van der Waals surface area contributed by atoms with E-state index in [1.807, 2.05) is 30.3 Å². The Hall–Kier alpha value is -1.94. The van der Waals surface area contributed by atoms with Gasteiger partial charge in [0.1, 0.15) is 5.82 Å². The fourth-order valence-corrected chi connectivity index (χ4v) is 2.21. The van der Waals surface area contributed by atoms with Crippen molar-refractivity contribution in [1.82, 2.24) is 4.57 Å². The van der Waals surface area contributed by atoms with Crippen molar-refractivity contribution < 1.29 is 8.81 Å². The predicted octanol–water partition coefficient (Wildman–Crippen LogP) is 4.15. The van der Waals surface area contributed by atoms with Gasteiger partial charge in [-0.25, -0.2) is 4.39 Å². The molecule has 0 aliphatic carbocycles. The van der Waals surface area contributed by atoms with E-state index in [0.29, 0.717) is 16.9 Å². The van der Waals surface area contributed by atoms with Crippen molar-refractivity contribution in [3.05, 3.63) is 64.7 Å².